The third-order valence-electron chi connectivity index (χ3n) is 1.13. The minimum absolute atomic E-state index is 0.326. The lowest BCUT2D eigenvalue weighted by Gasteiger charge is -2.21. The highest BCUT2D eigenvalue weighted by Gasteiger charge is 2.22. The molecule has 0 rings (SSSR count). The van der Waals surface area contributed by atoms with E-state index < -0.39 is 11.8 Å². The first-order valence-electron chi connectivity index (χ1n) is 3.39. The predicted molar refractivity (Wildman–Crippen MR) is 41.5 cm³/mol. The normalized spacial score (nSPS) is 15.2. The van der Waals surface area contributed by atoms with Crippen LogP contribution in [0.5, 0.6) is 0 Å². The number of carbonyl (C=O) groups is 1. The smallest absolute Gasteiger partial charge is 0.332 e. The van der Waals surface area contributed by atoms with Gasteiger partial charge in [-0.1, -0.05) is 13.5 Å². The molecule has 0 bridgehead atoms. The molecule has 0 aromatic carbocycles. The van der Waals surface area contributed by atoms with Crippen molar-refractivity contribution in [2.75, 3.05) is 0 Å². The van der Waals surface area contributed by atoms with Gasteiger partial charge in [0, 0.05) is 19.4 Å². The maximum absolute atomic E-state index is 10.6. The summed E-state index contributed by atoms with van der Waals surface area (Å²) >= 11 is 0. The highest BCUT2D eigenvalue weighted by molar-refractivity contribution is 5.81. The van der Waals surface area contributed by atoms with Gasteiger partial charge in [-0.05, 0) is 6.42 Å². The van der Waals surface area contributed by atoms with Gasteiger partial charge in [-0.25, -0.2) is 4.79 Å². The molecule has 63 valence electrons. The second-order valence-electron chi connectivity index (χ2n) is 2.40. The van der Waals surface area contributed by atoms with Crippen molar-refractivity contribution in [1.29, 1.82) is 0 Å². The summed E-state index contributed by atoms with van der Waals surface area (Å²) in [5.41, 5.74) is 0. The number of hydrogen-bond donors (Lipinski definition) is 1. The van der Waals surface area contributed by atoms with Gasteiger partial charge < -0.3 is 9.84 Å². The van der Waals surface area contributed by atoms with E-state index in [9.17, 15) is 9.90 Å². The zero-order chi connectivity index (χ0) is 8.91. The second kappa shape index (κ2) is 4.13. The number of carbonyl (C=O) groups excluding carboxylic acids is 1. The van der Waals surface area contributed by atoms with E-state index in [-0.39, 0.29) is 0 Å². The summed E-state index contributed by atoms with van der Waals surface area (Å²) in [7, 11) is 0. The Morgan fingerprint density at radius 3 is 2.73 bits per heavy atom. The Hall–Kier alpha value is -0.830. The molecule has 0 fully saturated rings. The maximum Gasteiger partial charge on any atom is 0.332 e. The molecule has 0 spiro atoms. The minimum Gasteiger partial charge on any atom is -0.430 e. The van der Waals surface area contributed by atoms with Crippen LogP contribution in [0.1, 0.15) is 19.8 Å². The first kappa shape index (κ1) is 10.2. The van der Waals surface area contributed by atoms with Gasteiger partial charge in [-0.15, -0.1) is 0 Å². The van der Waals surface area contributed by atoms with Crippen LogP contribution in [0.15, 0.2) is 12.7 Å². The molecule has 0 aliphatic heterocycles. The number of hydrogen-bond acceptors (Lipinski definition) is 3. The summed E-state index contributed by atoms with van der Waals surface area (Å²) in [5, 5.41) is 9.29. The highest BCUT2D eigenvalue weighted by atomic mass is 16.7. The van der Waals surface area contributed by atoms with Crippen molar-refractivity contribution < 1.29 is 14.6 Å². The Balaban J connectivity index is 3.89. The lowest BCUT2D eigenvalue weighted by atomic mass is 10.2. The topological polar surface area (TPSA) is 46.5 Å². The van der Waals surface area contributed by atoms with Gasteiger partial charge >= 0.3 is 5.97 Å². The molecule has 1 unspecified atom stereocenters. The molecule has 3 heteroatoms. The Morgan fingerprint density at radius 1 is 1.82 bits per heavy atom. The zero-order valence-corrected chi connectivity index (χ0v) is 6.67. The fraction of sp³-hybridized carbons (Fsp3) is 0.500. The Bertz CT molecular complexity index is 149. The van der Waals surface area contributed by atoms with E-state index in [1.807, 2.05) is 0 Å². The second-order valence-corrected chi connectivity index (χ2v) is 2.40. The van der Waals surface area contributed by atoms with Crippen molar-refractivity contribution >= 4 is 5.97 Å². The molecule has 0 amide bonds. The van der Waals surface area contributed by atoms with Crippen molar-refractivity contribution in [3.63, 3.8) is 0 Å². The molecule has 0 aromatic rings. The van der Waals surface area contributed by atoms with E-state index in [0.29, 0.717) is 12.8 Å². The Kier molecular flexibility index (Phi) is 3.82. The minimum atomic E-state index is -1.41. The van der Waals surface area contributed by atoms with Crippen LogP contribution in [0.2, 0.25) is 0 Å². The standard InChI is InChI=1S/C8H13O3/c1-4-6-8(3,10)11-7(9)5-2/h5,10H,1-2,4,6H2,3H3. The zero-order valence-electron chi connectivity index (χ0n) is 6.67. The lowest BCUT2D eigenvalue weighted by molar-refractivity contribution is -0.198. The fourth-order valence-electron chi connectivity index (χ4n) is 0.637. The van der Waals surface area contributed by atoms with E-state index in [0.717, 1.165) is 6.08 Å². The number of rotatable bonds is 4. The van der Waals surface area contributed by atoms with Crippen molar-refractivity contribution in [2.45, 2.75) is 25.6 Å². The Morgan fingerprint density at radius 2 is 2.36 bits per heavy atom. The molecule has 3 nitrogen and oxygen atoms in total. The molecule has 11 heavy (non-hydrogen) atoms. The van der Waals surface area contributed by atoms with E-state index in [1.54, 1.807) is 0 Å². The molecular formula is C8H13O3. The Labute approximate surface area is 66.7 Å². The number of esters is 1. The summed E-state index contributed by atoms with van der Waals surface area (Å²) in [4.78, 5) is 10.6. The monoisotopic (exact) mass is 157 g/mol. The fourth-order valence-corrected chi connectivity index (χ4v) is 0.637. The van der Waals surface area contributed by atoms with Gasteiger partial charge in [-0.2, -0.15) is 0 Å². The highest BCUT2D eigenvalue weighted by Crippen LogP contribution is 2.13. The molecule has 0 aromatic heterocycles. The van der Waals surface area contributed by atoms with Crippen LogP contribution < -0.4 is 0 Å². The number of ether oxygens (including phenoxy) is 1. The first-order chi connectivity index (χ1) is 5.02. The quantitative estimate of drug-likeness (QED) is 0.377. The van der Waals surface area contributed by atoms with Crippen LogP contribution in [-0.2, 0) is 9.53 Å². The van der Waals surface area contributed by atoms with Gasteiger partial charge in [0.05, 0.1) is 0 Å². The molecule has 1 N–H and O–H groups in total. The van der Waals surface area contributed by atoms with Crippen LogP contribution in [0.4, 0.5) is 0 Å². The van der Waals surface area contributed by atoms with Crippen LogP contribution in [0.25, 0.3) is 0 Å². The summed E-state index contributed by atoms with van der Waals surface area (Å²) in [6, 6.07) is 0. The maximum atomic E-state index is 10.6. The SMILES string of the molecule is [CH2]CCC(C)(O)OC(=O)C=C. The van der Waals surface area contributed by atoms with Crippen molar-refractivity contribution in [3.8, 4) is 0 Å². The average molecular weight is 157 g/mol. The van der Waals surface area contributed by atoms with Gasteiger partial charge in [-0.3, -0.25) is 0 Å². The van der Waals surface area contributed by atoms with E-state index in [2.05, 4.69) is 18.2 Å². The van der Waals surface area contributed by atoms with Gasteiger partial charge in [0.15, 0.2) is 0 Å². The van der Waals surface area contributed by atoms with E-state index >= 15 is 0 Å². The lowest BCUT2D eigenvalue weighted by Crippen LogP contribution is -2.30. The summed E-state index contributed by atoms with van der Waals surface area (Å²) in [5.74, 6) is -2.03. The average Bonchev–Trinajstić information content (AvgIpc) is 1.86. The van der Waals surface area contributed by atoms with Crippen LogP contribution >= 0.6 is 0 Å². The third kappa shape index (κ3) is 4.56. The van der Waals surface area contributed by atoms with E-state index in [4.69, 9.17) is 0 Å². The molecule has 0 saturated heterocycles. The van der Waals surface area contributed by atoms with Crippen LogP contribution in [-0.4, -0.2) is 16.9 Å². The van der Waals surface area contributed by atoms with Gasteiger partial charge in [0.25, 0.3) is 0 Å². The molecular weight excluding hydrogens is 144 g/mol. The summed E-state index contributed by atoms with van der Waals surface area (Å²) in [6.07, 6.45) is 1.85. The molecule has 0 saturated carbocycles. The molecule has 0 aliphatic rings. The predicted octanol–water partition coefficient (Wildman–Crippen LogP) is 1.04. The van der Waals surface area contributed by atoms with Crippen molar-refractivity contribution in [1.82, 2.24) is 0 Å². The van der Waals surface area contributed by atoms with E-state index in [1.165, 1.54) is 6.92 Å². The third-order valence-corrected chi connectivity index (χ3v) is 1.13. The first-order valence-corrected chi connectivity index (χ1v) is 3.39. The van der Waals surface area contributed by atoms with Crippen LogP contribution in [0, 0.1) is 6.92 Å². The molecule has 0 heterocycles. The largest absolute Gasteiger partial charge is 0.430 e. The number of aliphatic hydroxyl groups is 1. The summed E-state index contributed by atoms with van der Waals surface area (Å²) < 4.78 is 4.59. The van der Waals surface area contributed by atoms with Gasteiger partial charge in [0.2, 0.25) is 5.79 Å². The molecule has 1 atom stereocenters. The van der Waals surface area contributed by atoms with Gasteiger partial charge in [0.1, 0.15) is 0 Å². The molecule has 1 radical (unpaired) electrons. The van der Waals surface area contributed by atoms with Crippen LogP contribution in [0.3, 0.4) is 0 Å². The van der Waals surface area contributed by atoms with Crippen molar-refractivity contribution in [3.05, 3.63) is 19.6 Å². The molecule has 0 aliphatic carbocycles. The van der Waals surface area contributed by atoms with Crippen molar-refractivity contribution in [2.24, 2.45) is 0 Å². The summed E-state index contributed by atoms with van der Waals surface area (Å²) in [6.45, 7) is 8.15.